The normalized spacial score (nSPS) is 12.6. The van der Waals surface area contributed by atoms with Crippen LogP contribution in [0.25, 0.3) is 21.7 Å². The molecular formula is C24H23BrCl2N2O3S. The van der Waals surface area contributed by atoms with Crippen LogP contribution in [0.5, 0.6) is 5.75 Å². The van der Waals surface area contributed by atoms with Crippen molar-refractivity contribution in [3.8, 4) is 5.75 Å². The SMILES string of the molecule is CCS(=O)(=O)N(c1cc(Cl)c(O)cc1Cl)c1c(C(C)(C)C)[nH]c2ccc3cc(Br)ccc3c12. The largest absolute Gasteiger partial charge is 0.506 e. The molecule has 1 heterocycles. The van der Waals surface area contributed by atoms with Crippen molar-refractivity contribution in [1.29, 1.82) is 0 Å². The Labute approximate surface area is 211 Å². The van der Waals surface area contributed by atoms with Gasteiger partial charge in [-0.3, -0.25) is 0 Å². The maximum absolute atomic E-state index is 13.6. The maximum atomic E-state index is 13.6. The number of fused-ring (bicyclic) bond motifs is 3. The second kappa shape index (κ2) is 8.38. The molecule has 0 fully saturated rings. The zero-order chi connectivity index (χ0) is 24.3. The second-order valence-electron chi connectivity index (χ2n) is 8.87. The van der Waals surface area contributed by atoms with Gasteiger partial charge in [0.15, 0.2) is 0 Å². The summed E-state index contributed by atoms with van der Waals surface area (Å²) in [4.78, 5) is 3.46. The fourth-order valence-corrected chi connectivity index (χ4v) is 5.94. The Balaban J connectivity index is 2.24. The Morgan fingerprint density at radius 2 is 1.76 bits per heavy atom. The van der Waals surface area contributed by atoms with Crippen LogP contribution in [0.15, 0.2) is 46.9 Å². The minimum absolute atomic E-state index is 0.0108. The van der Waals surface area contributed by atoms with E-state index in [1.54, 1.807) is 6.92 Å². The summed E-state index contributed by atoms with van der Waals surface area (Å²) in [6.07, 6.45) is 0. The Bertz CT molecular complexity index is 1510. The van der Waals surface area contributed by atoms with Crippen molar-refractivity contribution in [3.05, 3.63) is 62.7 Å². The Hall–Kier alpha value is -1.93. The number of hydrogen-bond donors (Lipinski definition) is 2. The quantitative estimate of drug-likeness (QED) is 0.262. The molecule has 3 aromatic carbocycles. The summed E-state index contributed by atoms with van der Waals surface area (Å²) in [5, 5.41) is 12.7. The summed E-state index contributed by atoms with van der Waals surface area (Å²) >= 11 is 16.2. The highest BCUT2D eigenvalue weighted by Crippen LogP contribution is 2.48. The Morgan fingerprint density at radius 1 is 1.06 bits per heavy atom. The topological polar surface area (TPSA) is 73.4 Å². The number of sulfonamides is 1. The summed E-state index contributed by atoms with van der Waals surface area (Å²) in [6.45, 7) is 7.63. The minimum atomic E-state index is -3.86. The summed E-state index contributed by atoms with van der Waals surface area (Å²) in [5.74, 6) is -0.376. The van der Waals surface area contributed by atoms with Gasteiger partial charge < -0.3 is 10.1 Å². The number of H-pyrrole nitrogens is 1. The van der Waals surface area contributed by atoms with Gasteiger partial charge in [-0.2, -0.15) is 0 Å². The van der Waals surface area contributed by atoms with Crippen LogP contribution in [0.4, 0.5) is 11.4 Å². The van der Waals surface area contributed by atoms with Gasteiger partial charge in [0, 0.05) is 32.6 Å². The maximum Gasteiger partial charge on any atom is 0.239 e. The van der Waals surface area contributed by atoms with Gasteiger partial charge in [0.25, 0.3) is 0 Å². The number of nitrogens with zero attached hydrogens (tertiary/aromatic N) is 1. The van der Waals surface area contributed by atoms with E-state index in [2.05, 4.69) is 20.9 Å². The third kappa shape index (κ3) is 4.20. The summed E-state index contributed by atoms with van der Waals surface area (Å²) in [6, 6.07) is 12.5. The van der Waals surface area contributed by atoms with Gasteiger partial charge in [0.1, 0.15) is 5.75 Å². The van der Waals surface area contributed by atoms with Crippen LogP contribution in [-0.2, 0) is 15.4 Å². The number of phenols is 1. The van der Waals surface area contributed by atoms with E-state index in [1.807, 2.05) is 51.1 Å². The van der Waals surface area contributed by atoms with Crippen molar-refractivity contribution in [2.45, 2.75) is 33.1 Å². The lowest BCUT2D eigenvalue weighted by atomic mass is 9.90. The highest BCUT2D eigenvalue weighted by Gasteiger charge is 2.34. The molecule has 0 aliphatic heterocycles. The number of rotatable bonds is 4. The number of anilines is 2. The first-order valence-corrected chi connectivity index (χ1v) is 13.5. The number of halogens is 3. The van der Waals surface area contributed by atoms with E-state index in [1.165, 1.54) is 16.4 Å². The standard InChI is InChI=1S/C24H23BrCl2N2O3S/c1-5-33(31,32)29(19-11-17(27)20(30)12-16(19)26)22-21-15-8-7-14(25)10-13(15)6-9-18(21)28-23(22)24(2,3)4/h6-12,28,30H,5H2,1-4H3. The number of aromatic amines is 1. The third-order valence-corrected chi connectivity index (χ3v) is 8.31. The van der Waals surface area contributed by atoms with Crippen molar-refractivity contribution in [3.63, 3.8) is 0 Å². The minimum Gasteiger partial charge on any atom is -0.506 e. The van der Waals surface area contributed by atoms with Crippen molar-refractivity contribution in [2.75, 3.05) is 10.1 Å². The predicted octanol–water partition coefficient (Wildman–Crippen LogP) is 7.88. The fraction of sp³-hybridized carbons (Fsp3) is 0.250. The van der Waals surface area contributed by atoms with Gasteiger partial charge in [-0.25, -0.2) is 12.7 Å². The highest BCUT2D eigenvalue weighted by molar-refractivity contribution is 9.10. The van der Waals surface area contributed by atoms with Gasteiger partial charge >= 0.3 is 0 Å². The van der Waals surface area contributed by atoms with Gasteiger partial charge in [-0.15, -0.1) is 0 Å². The number of aromatic hydroxyl groups is 1. The fourth-order valence-electron chi connectivity index (χ4n) is 3.94. The molecule has 0 bridgehead atoms. The predicted molar refractivity (Wildman–Crippen MR) is 142 cm³/mol. The molecule has 4 aromatic rings. The van der Waals surface area contributed by atoms with Crippen LogP contribution in [0.2, 0.25) is 10.0 Å². The zero-order valence-corrected chi connectivity index (χ0v) is 22.4. The van der Waals surface area contributed by atoms with Crippen molar-refractivity contribution in [2.24, 2.45) is 0 Å². The lowest BCUT2D eigenvalue weighted by Gasteiger charge is -2.29. The molecule has 4 rings (SSSR count). The second-order valence-corrected chi connectivity index (χ2v) is 12.7. The van der Waals surface area contributed by atoms with Crippen molar-refractivity contribution in [1.82, 2.24) is 4.98 Å². The number of phenolic OH excluding ortho intramolecular Hbond substituents is 1. The molecule has 2 N–H and O–H groups in total. The number of benzene rings is 3. The number of nitrogens with one attached hydrogen (secondary N) is 1. The van der Waals surface area contributed by atoms with Crippen LogP contribution in [0.3, 0.4) is 0 Å². The molecule has 0 spiro atoms. The molecule has 0 aliphatic carbocycles. The Kier molecular flexibility index (Phi) is 6.15. The van der Waals surface area contributed by atoms with E-state index in [4.69, 9.17) is 23.2 Å². The van der Waals surface area contributed by atoms with Gasteiger partial charge in [-0.1, -0.05) is 72.0 Å². The lowest BCUT2D eigenvalue weighted by Crippen LogP contribution is -2.30. The molecule has 0 amide bonds. The summed E-state index contributed by atoms with van der Waals surface area (Å²) < 4.78 is 29.4. The van der Waals surface area contributed by atoms with E-state index in [0.29, 0.717) is 5.69 Å². The third-order valence-electron chi connectivity index (χ3n) is 5.55. The van der Waals surface area contributed by atoms with E-state index in [9.17, 15) is 13.5 Å². The molecule has 0 unspecified atom stereocenters. The van der Waals surface area contributed by atoms with Crippen LogP contribution >= 0.6 is 39.1 Å². The van der Waals surface area contributed by atoms with Gasteiger partial charge in [-0.05, 0) is 42.0 Å². The average molecular weight is 570 g/mol. The van der Waals surface area contributed by atoms with Crippen molar-refractivity contribution >= 4 is 82.2 Å². The molecular weight excluding hydrogens is 547 g/mol. The van der Waals surface area contributed by atoms with E-state index in [0.717, 1.165) is 31.8 Å². The first-order valence-electron chi connectivity index (χ1n) is 10.3. The molecule has 1 aromatic heterocycles. The zero-order valence-electron chi connectivity index (χ0n) is 18.5. The molecule has 0 saturated carbocycles. The monoisotopic (exact) mass is 568 g/mol. The molecule has 0 radical (unpaired) electrons. The van der Waals surface area contributed by atoms with Gasteiger partial charge in [0.05, 0.1) is 27.2 Å². The molecule has 5 nitrogen and oxygen atoms in total. The van der Waals surface area contributed by atoms with Gasteiger partial charge in [0.2, 0.25) is 10.0 Å². The van der Waals surface area contributed by atoms with Crippen molar-refractivity contribution < 1.29 is 13.5 Å². The molecule has 174 valence electrons. The summed E-state index contributed by atoms with van der Waals surface area (Å²) in [7, 11) is -3.86. The molecule has 0 saturated heterocycles. The highest BCUT2D eigenvalue weighted by atomic mass is 79.9. The Morgan fingerprint density at radius 3 is 2.39 bits per heavy atom. The molecule has 0 atom stereocenters. The van der Waals surface area contributed by atoms with Crippen LogP contribution in [0.1, 0.15) is 33.4 Å². The first kappa shape index (κ1) is 24.2. The summed E-state index contributed by atoms with van der Waals surface area (Å²) in [5.41, 5.74) is 1.80. The first-order chi connectivity index (χ1) is 15.3. The number of hydrogen-bond acceptors (Lipinski definition) is 3. The van der Waals surface area contributed by atoms with Crippen LogP contribution in [0, 0.1) is 0 Å². The molecule has 0 aliphatic rings. The average Bonchev–Trinajstić information content (AvgIpc) is 3.11. The lowest BCUT2D eigenvalue weighted by molar-refractivity contribution is 0.475. The van der Waals surface area contributed by atoms with E-state index in [-0.39, 0.29) is 27.2 Å². The van der Waals surface area contributed by atoms with Crippen LogP contribution < -0.4 is 4.31 Å². The smallest absolute Gasteiger partial charge is 0.239 e. The van der Waals surface area contributed by atoms with Crippen LogP contribution in [-0.4, -0.2) is 24.3 Å². The molecule has 33 heavy (non-hydrogen) atoms. The number of aromatic nitrogens is 1. The van der Waals surface area contributed by atoms with E-state index >= 15 is 0 Å². The molecule has 9 heteroatoms. The van der Waals surface area contributed by atoms with E-state index < -0.39 is 15.4 Å².